The number of Topliss-reactive ketones (excluding diaryl/α,β-unsaturated/α-hetero) is 1. The molecule has 0 aliphatic heterocycles. The van der Waals surface area contributed by atoms with E-state index in [0.717, 1.165) is 27.8 Å². The molecule has 0 fully saturated rings. The van der Waals surface area contributed by atoms with E-state index in [4.69, 9.17) is 11.6 Å². The number of benzene rings is 4. The number of carbonyl (C=O) groups is 1. The van der Waals surface area contributed by atoms with Crippen molar-refractivity contribution in [2.75, 3.05) is 5.75 Å². The highest BCUT2D eigenvalue weighted by Gasteiger charge is 2.19. The van der Waals surface area contributed by atoms with E-state index >= 15 is 0 Å². The Morgan fingerprint density at radius 2 is 1.56 bits per heavy atom. The van der Waals surface area contributed by atoms with Gasteiger partial charge >= 0.3 is 0 Å². The van der Waals surface area contributed by atoms with Gasteiger partial charge in [0.1, 0.15) is 0 Å². The summed E-state index contributed by atoms with van der Waals surface area (Å²) in [4.78, 5) is 13.1. The molecule has 0 unspecified atom stereocenters. The van der Waals surface area contributed by atoms with E-state index in [1.54, 1.807) is 0 Å². The van der Waals surface area contributed by atoms with Crippen LogP contribution in [-0.4, -0.2) is 26.3 Å². The molecule has 0 aliphatic rings. The highest BCUT2D eigenvalue weighted by Crippen LogP contribution is 2.31. The van der Waals surface area contributed by atoms with Crippen molar-refractivity contribution >= 4 is 39.9 Å². The summed E-state index contributed by atoms with van der Waals surface area (Å²) in [6, 6.07) is 29.8. The van der Waals surface area contributed by atoms with Gasteiger partial charge in [0.15, 0.2) is 16.8 Å². The van der Waals surface area contributed by atoms with Gasteiger partial charge in [0.25, 0.3) is 0 Å². The summed E-state index contributed by atoms with van der Waals surface area (Å²) >= 11 is 7.54. The molecule has 0 spiro atoms. The van der Waals surface area contributed by atoms with Crippen molar-refractivity contribution in [3.8, 4) is 17.1 Å². The first-order chi connectivity index (χ1) is 17.3. The Balaban J connectivity index is 1.46. The summed E-state index contributed by atoms with van der Waals surface area (Å²) in [5, 5.41) is 12.5. The number of hydrogen-bond acceptors (Lipinski definition) is 4. The lowest BCUT2D eigenvalue weighted by Gasteiger charge is -2.19. The minimum Gasteiger partial charge on any atom is -0.293 e. The fourth-order valence-electron chi connectivity index (χ4n) is 4.07. The van der Waals surface area contributed by atoms with Crippen molar-refractivity contribution in [3.05, 3.63) is 107 Å². The maximum Gasteiger partial charge on any atom is 0.196 e. The Labute approximate surface area is 220 Å². The molecular formula is C30H26ClN3OS. The molecular weight excluding hydrogens is 486 g/mol. The summed E-state index contributed by atoms with van der Waals surface area (Å²) in [6.45, 7) is 6.58. The molecule has 0 saturated heterocycles. The van der Waals surface area contributed by atoms with Gasteiger partial charge in [0.2, 0.25) is 0 Å². The third-order valence-electron chi connectivity index (χ3n) is 6.13. The highest BCUT2D eigenvalue weighted by atomic mass is 35.5. The smallest absolute Gasteiger partial charge is 0.196 e. The number of nitrogens with zero attached hydrogens (tertiary/aromatic N) is 3. The largest absolute Gasteiger partial charge is 0.293 e. The standard InChI is InChI=1S/C30H26ClN3OS/c1-30(2,3)24-12-10-21(11-13-24)28-32-33-29(34(28)26-16-14-25(31)15-17-26)36-19-27(35)23-9-8-20-6-4-5-7-22(20)18-23/h4-18H,19H2,1-3H3. The Bertz CT molecular complexity index is 1530. The van der Waals surface area contributed by atoms with Crippen molar-refractivity contribution in [3.63, 3.8) is 0 Å². The van der Waals surface area contributed by atoms with Crippen LogP contribution in [0.4, 0.5) is 0 Å². The Morgan fingerprint density at radius 1 is 0.861 bits per heavy atom. The van der Waals surface area contributed by atoms with E-state index in [1.165, 1.54) is 17.3 Å². The Hall–Kier alpha value is -3.41. The van der Waals surface area contributed by atoms with Gasteiger partial charge in [-0.15, -0.1) is 10.2 Å². The van der Waals surface area contributed by atoms with Crippen LogP contribution in [0.2, 0.25) is 5.02 Å². The van der Waals surface area contributed by atoms with Crippen LogP contribution in [0.1, 0.15) is 36.7 Å². The topological polar surface area (TPSA) is 47.8 Å². The van der Waals surface area contributed by atoms with Gasteiger partial charge in [-0.05, 0) is 52.1 Å². The molecule has 1 heterocycles. The number of aromatic nitrogens is 3. The normalized spacial score (nSPS) is 11.7. The van der Waals surface area contributed by atoms with Crippen LogP contribution in [-0.2, 0) is 5.41 Å². The number of halogens is 1. The number of hydrogen-bond donors (Lipinski definition) is 0. The van der Waals surface area contributed by atoms with Gasteiger partial charge in [-0.3, -0.25) is 9.36 Å². The minimum absolute atomic E-state index is 0.0486. The summed E-state index contributed by atoms with van der Waals surface area (Å²) in [7, 11) is 0. The second-order valence-electron chi connectivity index (χ2n) is 9.72. The minimum atomic E-state index is 0.0486. The summed E-state index contributed by atoms with van der Waals surface area (Å²) in [6.07, 6.45) is 0. The van der Waals surface area contributed by atoms with Crippen molar-refractivity contribution in [2.45, 2.75) is 31.3 Å². The molecule has 180 valence electrons. The van der Waals surface area contributed by atoms with Gasteiger partial charge in [-0.25, -0.2) is 0 Å². The number of fused-ring (bicyclic) bond motifs is 1. The average Bonchev–Trinajstić information content (AvgIpc) is 3.31. The molecule has 1 aromatic heterocycles. The van der Waals surface area contributed by atoms with Gasteiger partial charge in [-0.2, -0.15) is 0 Å². The molecule has 5 aromatic rings. The number of thioether (sulfide) groups is 1. The van der Waals surface area contributed by atoms with Crippen LogP contribution in [0.5, 0.6) is 0 Å². The molecule has 4 aromatic carbocycles. The highest BCUT2D eigenvalue weighted by molar-refractivity contribution is 7.99. The summed E-state index contributed by atoms with van der Waals surface area (Å²) in [5.74, 6) is 1.03. The molecule has 0 saturated carbocycles. The van der Waals surface area contributed by atoms with E-state index in [-0.39, 0.29) is 17.0 Å². The molecule has 0 atom stereocenters. The first-order valence-corrected chi connectivity index (χ1v) is 13.1. The zero-order chi connectivity index (χ0) is 25.3. The van der Waals surface area contributed by atoms with Crippen molar-refractivity contribution in [1.82, 2.24) is 14.8 Å². The fraction of sp³-hybridized carbons (Fsp3) is 0.167. The molecule has 6 heteroatoms. The zero-order valence-corrected chi connectivity index (χ0v) is 22.0. The molecule has 5 rings (SSSR count). The van der Waals surface area contributed by atoms with Crippen LogP contribution in [0.15, 0.2) is 96.2 Å². The van der Waals surface area contributed by atoms with Crippen LogP contribution in [0.25, 0.3) is 27.8 Å². The molecule has 0 radical (unpaired) electrons. The maximum absolute atomic E-state index is 13.1. The van der Waals surface area contributed by atoms with Crippen LogP contribution in [0.3, 0.4) is 0 Å². The predicted molar refractivity (Wildman–Crippen MR) is 150 cm³/mol. The maximum atomic E-state index is 13.1. The monoisotopic (exact) mass is 511 g/mol. The zero-order valence-electron chi connectivity index (χ0n) is 20.4. The molecule has 36 heavy (non-hydrogen) atoms. The number of ketones is 1. The lowest BCUT2D eigenvalue weighted by molar-refractivity contribution is 0.102. The lowest BCUT2D eigenvalue weighted by Crippen LogP contribution is -2.10. The van der Waals surface area contributed by atoms with Crippen LogP contribution in [0, 0.1) is 0 Å². The Morgan fingerprint density at radius 3 is 2.25 bits per heavy atom. The first kappa shape index (κ1) is 24.3. The predicted octanol–water partition coefficient (Wildman–Crippen LogP) is 8.01. The van der Waals surface area contributed by atoms with E-state index in [1.807, 2.05) is 71.3 Å². The van der Waals surface area contributed by atoms with E-state index < -0.39 is 0 Å². The Kier molecular flexibility index (Phi) is 6.69. The van der Waals surface area contributed by atoms with Gasteiger partial charge in [0, 0.05) is 21.8 Å². The first-order valence-electron chi connectivity index (χ1n) is 11.8. The summed E-state index contributed by atoms with van der Waals surface area (Å²) in [5.41, 5.74) is 3.85. The third-order valence-corrected chi connectivity index (χ3v) is 7.31. The number of carbonyl (C=O) groups excluding carboxylic acids is 1. The van der Waals surface area contributed by atoms with Gasteiger partial charge in [-0.1, -0.05) is 105 Å². The van der Waals surface area contributed by atoms with E-state index in [0.29, 0.717) is 15.7 Å². The lowest BCUT2D eigenvalue weighted by atomic mass is 9.87. The second kappa shape index (κ2) is 9.92. The quantitative estimate of drug-likeness (QED) is 0.171. The average molecular weight is 512 g/mol. The van der Waals surface area contributed by atoms with Crippen LogP contribution >= 0.6 is 23.4 Å². The number of rotatable bonds is 6. The van der Waals surface area contributed by atoms with Crippen molar-refractivity contribution in [1.29, 1.82) is 0 Å². The molecule has 0 N–H and O–H groups in total. The second-order valence-corrected chi connectivity index (χ2v) is 11.1. The molecule has 0 aliphatic carbocycles. The van der Waals surface area contributed by atoms with Gasteiger partial charge in [0.05, 0.1) is 5.75 Å². The molecule has 4 nitrogen and oxygen atoms in total. The molecule has 0 amide bonds. The van der Waals surface area contributed by atoms with Gasteiger partial charge < -0.3 is 0 Å². The fourth-order valence-corrected chi connectivity index (χ4v) is 5.04. The van der Waals surface area contributed by atoms with Crippen molar-refractivity contribution < 1.29 is 4.79 Å². The SMILES string of the molecule is CC(C)(C)c1ccc(-c2nnc(SCC(=O)c3ccc4ccccc4c3)n2-c2ccc(Cl)cc2)cc1. The summed E-state index contributed by atoms with van der Waals surface area (Å²) < 4.78 is 1.99. The van der Waals surface area contributed by atoms with Crippen LogP contribution < -0.4 is 0 Å². The van der Waals surface area contributed by atoms with Crippen molar-refractivity contribution in [2.24, 2.45) is 0 Å². The van der Waals surface area contributed by atoms with E-state index in [2.05, 4.69) is 55.2 Å². The van der Waals surface area contributed by atoms with E-state index in [9.17, 15) is 4.79 Å². The molecule has 0 bridgehead atoms. The third kappa shape index (κ3) is 5.08.